The second-order valence-corrected chi connectivity index (χ2v) is 9.36. The van der Waals surface area contributed by atoms with Crippen LogP contribution >= 0.6 is 7.92 Å². The number of aromatic nitrogens is 2. The first kappa shape index (κ1) is 20.5. The lowest BCUT2D eigenvalue weighted by molar-refractivity contribution is -0.137. The van der Waals surface area contributed by atoms with Crippen molar-refractivity contribution in [2.75, 3.05) is 0 Å². The molecule has 0 radical (unpaired) electrons. The number of fused-ring (bicyclic) bond motifs is 1. The van der Waals surface area contributed by atoms with E-state index in [0.29, 0.717) is 16.6 Å². The second kappa shape index (κ2) is 8.25. The van der Waals surface area contributed by atoms with E-state index < -0.39 is 19.7 Å². The molecule has 0 saturated carbocycles. The van der Waals surface area contributed by atoms with Gasteiger partial charge in [0.2, 0.25) is 0 Å². The van der Waals surface area contributed by atoms with Crippen molar-refractivity contribution < 1.29 is 13.2 Å². The number of para-hydroxylation sites is 3. The van der Waals surface area contributed by atoms with Crippen molar-refractivity contribution in [3.8, 4) is 5.69 Å². The minimum absolute atomic E-state index is 0.0862. The zero-order valence-electron chi connectivity index (χ0n) is 16.9. The third-order valence-electron chi connectivity index (χ3n) is 5.22. The van der Waals surface area contributed by atoms with Gasteiger partial charge in [0.1, 0.15) is 5.57 Å². The summed E-state index contributed by atoms with van der Waals surface area (Å²) in [4.78, 5) is 4.89. The van der Waals surface area contributed by atoms with Crippen LogP contribution in [0.4, 0.5) is 13.2 Å². The summed E-state index contributed by atoms with van der Waals surface area (Å²) < 4.78 is 43.7. The van der Waals surface area contributed by atoms with Crippen LogP contribution in [0.25, 0.3) is 16.7 Å². The van der Waals surface area contributed by atoms with Gasteiger partial charge >= 0.3 is 6.18 Å². The van der Waals surface area contributed by atoms with Crippen LogP contribution in [0.3, 0.4) is 0 Å². The van der Waals surface area contributed by atoms with Crippen molar-refractivity contribution in [1.29, 1.82) is 0 Å². The number of rotatable bonds is 4. The first-order chi connectivity index (χ1) is 15.5. The Bertz CT molecular complexity index is 1320. The number of hydrogen-bond acceptors (Lipinski definition) is 1. The fourth-order valence-corrected chi connectivity index (χ4v) is 6.17. The first-order valence-corrected chi connectivity index (χ1v) is 11.4. The Labute approximate surface area is 184 Å². The topological polar surface area (TPSA) is 17.8 Å². The molecule has 0 fully saturated rings. The number of alkyl halides is 3. The van der Waals surface area contributed by atoms with E-state index >= 15 is 0 Å². The van der Waals surface area contributed by atoms with Crippen LogP contribution in [0.15, 0.2) is 109 Å². The highest BCUT2D eigenvalue weighted by Crippen LogP contribution is 2.38. The summed E-state index contributed by atoms with van der Waals surface area (Å²) >= 11 is 0. The van der Waals surface area contributed by atoms with Crippen molar-refractivity contribution >= 4 is 35.1 Å². The standard InChI is InChI=1S/C26H18F3N2P/c27-26(28,29)21-15-7-9-17-23(21)31-24-18-10-8-16-22(24)30-25(31)32(19-11-3-1-4-12-19)20-13-5-2-6-14-20/h1-18H. The zero-order chi connectivity index (χ0) is 22.1. The van der Waals surface area contributed by atoms with Crippen LogP contribution in [0.5, 0.6) is 0 Å². The van der Waals surface area contributed by atoms with Crippen LogP contribution in [0.2, 0.25) is 0 Å². The third-order valence-corrected chi connectivity index (χ3v) is 7.55. The van der Waals surface area contributed by atoms with E-state index in [1.165, 1.54) is 12.1 Å². The fourth-order valence-electron chi connectivity index (χ4n) is 3.84. The summed E-state index contributed by atoms with van der Waals surface area (Å²) in [5.41, 5.74) is 1.33. The Kier molecular flexibility index (Phi) is 5.28. The lowest BCUT2D eigenvalue weighted by Crippen LogP contribution is -2.28. The molecule has 0 saturated heterocycles. The van der Waals surface area contributed by atoms with E-state index in [-0.39, 0.29) is 5.69 Å². The Balaban J connectivity index is 1.86. The fraction of sp³-hybridized carbons (Fsp3) is 0.0385. The molecular weight excluding hydrogens is 428 g/mol. The van der Waals surface area contributed by atoms with Crippen LogP contribution in [-0.2, 0) is 6.18 Å². The maximum Gasteiger partial charge on any atom is 0.418 e. The van der Waals surface area contributed by atoms with Gasteiger partial charge in [-0.15, -0.1) is 0 Å². The number of hydrogen-bond donors (Lipinski definition) is 0. The van der Waals surface area contributed by atoms with Gasteiger partial charge in [0.25, 0.3) is 0 Å². The molecule has 6 heteroatoms. The molecule has 5 rings (SSSR count). The molecule has 0 aliphatic carbocycles. The average Bonchev–Trinajstić information content (AvgIpc) is 3.19. The number of imidazole rings is 1. The highest BCUT2D eigenvalue weighted by molar-refractivity contribution is 7.79. The van der Waals surface area contributed by atoms with Crippen LogP contribution in [0, 0.1) is 0 Å². The smallest absolute Gasteiger partial charge is 0.292 e. The molecule has 158 valence electrons. The lowest BCUT2D eigenvalue weighted by atomic mass is 10.1. The molecule has 0 atom stereocenters. The highest BCUT2D eigenvalue weighted by Gasteiger charge is 2.35. The third kappa shape index (κ3) is 3.69. The van der Waals surface area contributed by atoms with Crippen molar-refractivity contribution in [2.45, 2.75) is 6.18 Å². The zero-order valence-corrected chi connectivity index (χ0v) is 17.8. The second-order valence-electron chi connectivity index (χ2n) is 7.26. The Morgan fingerprint density at radius 3 is 1.78 bits per heavy atom. The summed E-state index contributed by atoms with van der Waals surface area (Å²) in [7, 11) is -1.20. The summed E-state index contributed by atoms with van der Waals surface area (Å²) in [6.07, 6.45) is -4.48. The predicted octanol–water partition coefficient (Wildman–Crippen LogP) is 5.80. The summed E-state index contributed by atoms with van der Waals surface area (Å²) in [5.74, 6) is 0. The van der Waals surface area contributed by atoms with E-state index in [1.54, 1.807) is 10.6 Å². The van der Waals surface area contributed by atoms with Crippen LogP contribution in [-0.4, -0.2) is 9.55 Å². The molecule has 5 aromatic rings. The van der Waals surface area contributed by atoms with Gasteiger partial charge in [-0.3, -0.25) is 4.57 Å². The molecule has 0 bridgehead atoms. The van der Waals surface area contributed by atoms with Crippen molar-refractivity contribution in [2.24, 2.45) is 0 Å². The van der Waals surface area contributed by atoms with E-state index in [2.05, 4.69) is 0 Å². The van der Waals surface area contributed by atoms with Gasteiger partial charge in [0.05, 0.1) is 22.3 Å². The monoisotopic (exact) mass is 446 g/mol. The molecule has 2 nitrogen and oxygen atoms in total. The molecule has 32 heavy (non-hydrogen) atoms. The number of halogens is 3. The van der Waals surface area contributed by atoms with E-state index in [4.69, 9.17) is 4.98 Å². The Hall–Kier alpha value is -3.43. The summed E-state index contributed by atoms with van der Waals surface area (Å²) in [5, 5.41) is 2.05. The SMILES string of the molecule is FC(F)(F)c1ccccc1-n1c(P(c2ccccc2)c2ccccc2)nc2ccccc21. The maximum atomic E-state index is 14.0. The largest absolute Gasteiger partial charge is 0.418 e. The number of benzene rings is 4. The molecule has 0 aliphatic heterocycles. The molecule has 0 aliphatic rings. The highest BCUT2D eigenvalue weighted by atomic mass is 31.1. The van der Waals surface area contributed by atoms with Crippen molar-refractivity contribution in [3.63, 3.8) is 0 Å². The quantitative estimate of drug-likeness (QED) is 0.319. The lowest BCUT2D eigenvalue weighted by Gasteiger charge is -2.22. The number of nitrogens with zero attached hydrogens (tertiary/aromatic N) is 2. The van der Waals surface area contributed by atoms with Crippen molar-refractivity contribution in [1.82, 2.24) is 9.55 Å². The molecule has 0 unspecified atom stereocenters. The van der Waals surface area contributed by atoms with Crippen molar-refractivity contribution in [3.05, 3.63) is 115 Å². The molecule has 1 heterocycles. The van der Waals surface area contributed by atoms with Gasteiger partial charge in [-0.2, -0.15) is 13.2 Å². The van der Waals surface area contributed by atoms with Gasteiger partial charge < -0.3 is 0 Å². The molecular formula is C26H18F3N2P. The van der Waals surface area contributed by atoms with E-state index in [9.17, 15) is 13.2 Å². The van der Waals surface area contributed by atoms with Gasteiger partial charge in [-0.05, 0) is 34.9 Å². The average molecular weight is 446 g/mol. The molecule has 0 N–H and O–H groups in total. The predicted molar refractivity (Wildman–Crippen MR) is 125 cm³/mol. The van der Waals surface area contributed by atoms with E-state index in [1.807, 2.05) is 84.9 Å². The van der Waals surface area contributed by atoms with Gasteiger partial charge in [-0.25, -0.2) is 4.98 Å². The molecule has 4 aromatic carbocycles. The molecule has 0 amide bonds. The van der Waals surface area contributed by atoms with Gasteiger partial charge in [0, 0.05) is 7.92 Å². The summed E-state index contributed by atoms with van der Waals surface area (Å²) in [6, 6.07) is 32.8. The molecule has 0 spiro atoms. The Morgan fingerprint density at radius 2 is 1.16 bits per heavy atom. The van der Waals surface area contributed by atoms with Crippen LogP contribution < -0.4 is 16.2 Å². The Morgan fingerprint density at radius 1 is 0.625 bits per heavy atom. The van der Waals surface area contributed by atoms with Gasteiger partial charge in [0.15, 0.2) is 0 Å². The normalized spacial score (nSPS) is 11.9. The first-order valence-electron chi connectivity index (χ1n) is 10.1. The van der Waals surface area contributed by atoms with Gasteiger partial charge in [-0.1, -0.05) is 84.9 Å². The molecule has 1 aromatic heterocycles. The van der Waals surface area contributed by atoms with Crippen LogP contribution in [0.1, 0.15) is 5.56 Å². The minimum atomic E-state index is -4.48. The van der Waals surface area contributed by atoms with E-state index in [0.717, 1.165) is 16.7 Å². The summed E-state index contributed by atoms with van der Waals surface area (Å²) in [6.45, 7) is 0. The minimum Gasteiger partial charge on any atom is -0.292 e. The maximum absolute atomic E-state index is 14.0.